The van der Waals surface area contributed by atoms with E-state index in [0.717, 1.165) is 17.7 Å². The molecule has 4 rings (SSSR count). The molecule has 3 heterocycles. The number of hydrogen-bond acceptors (Lipinski definition) is 5. The highest BCUT2D eigenvalue weighted by Crippen LogP contribution is 2.32. The van der Waals surface area contributed by atoms with Crippen LogP contribution in [0.5, 0.6) is 0 Å². The molecular formula is C21H17F3N4O. The van der Waals surface area contributed by atoms with Crippen molar-refractivity contribution in [1.82, 2.24) is 15.0 Å². The largest absolute Gasteiger partial charge is 0.416 e. The molecule has 3 aromatic rings. The summed E-state index contributed by atoms with van der Waals surface area (Å²) in [7, 11) is 0. The van der Waals surface area contributed by atoms with E-state index in [9.17, 15) is 18.0 Å². The van der Waals surface area contributed by atoms with E-state index in [4.69, 9.17) is 0 Å². The van der Waals surface area contributed by atoms with Crippen LogP contribution in [0, 0.1) is 0 Å². The monoisotopic (exact) mass is 398 g/mol. The minimum atomic E-state index is -4.40. The number of Topliss-reactive ketones (excluding diaryl/α,β-unsaturated/α-hetero) is 1. The van der Waals surface area contributed by atoms with Gasteiger partial charge >= 0.3 is 6.18 Å². The van der Waals surface area contributed by atoms with E-state index < -0.39 is 11.7 Å². The van der Waals surface area contributed by atoms with E-state index >= 15 is 0 Å². The highest BCUT2D eigenvalue weighted by molar-refractivity contribution is 5.81. The van der Waals surface area contributed by atoms with Gasteiger partial charge in [-0.3, -0.25) is 9.78 Å². The molecule has 0 amide bonds. The quantitative estimate of drug-likeness (QED) is 0.655. The van der Waals surface area contributed by atoms with Crippen LogP contribution in [0.2, 0.25) is 0 Å². The highest BCUT2D eigenvalue weighted by Gasteiger charge is 2.30. The van der Waals surface area contributed by atoms with Gasteiger partial charge in [-0.25, -0.2) is 9.97 Å². The molecule has 0 saturated carbocycles. The van der Waals surface area contributed by atoms with Crippen LogP contribution in [0.4, 0.5) is 19.0 Å². The fraction of sp³-hybridized carbons (Fsp3) is 0.238. The minimum Gasteiger partial charge on any atom is -0.356 e. The van der Waals surface area contributed by atoms with Gasteiger partial charge in [0.2, 0.25) is 0 Å². The first-order chi connectivity index (χ1) is 13.9. The number of ketones is 1. The molecule has 1 aliphatic rings. The Morgan fingerprint density at radius 2 is 1.52 bits per heavy atom. The molecule has 0 radical (unpaired) electrons. The third-order valence-electron chi connectivity index (χ3n) is 4.80. The first-order valence-electron chi connectivity index (χ1n) is 9.14. The van der Waals surface area contributed by atoms with Crippen molar-refractivity contribution < 1.29 is 18.0 Å². The summed E-state index contributed by atoms with van der Waals surface area (Å²) < 4.78 is 38.6. The number of carbonyl (C=O) groups excluding carboxylic acids is 1. The Morgan fingerprint density at radius 1 is 0.862 bits per heavy atom. The van der Waals surface area contributed by atoms with E-state index in [0.29, 0.717) is 48.8 Å². The number of aromatic nitrogens is 3. The second-order valence-electron chi connectivity index (χ2n) is 6.77. The zero-order valence-corrected chi connectivity index (χ0v) is 15.4. The number of nitrogens with zero attached hydrogens (tertiary/aromatic N) is 4. The third kappa shape index (κ3) is 4.26. The second-order valence-corrected chi connectivity index (χ2v) is 6.77. The summed E-state index contributed by atoms with van der Waals surface area (Å²) in [5.41, 5.74) is 1.23. The number of benzene rings is 1. The van der Waals surface area contributed by atoms with Crippen LogP contribution < -0.4 is 4.90 Å². The third-order valence-corrected chi connectivity index (χ3v) is 4.80. The van der Waals surface area contributed by atoms with Crippen LogP contribution in [0.25, 0.3) is 22.6 Å². The van der Waals surface area contributed by atoms with E-state index in [1.807, 2.05) is 23.1 Å². The predicted octanol–water partition coefficient (Wildman–Crippen LogP) is 4.39. The molecule has 0 unspecified atom stereocenters. The maximum atomic E-state index is 12.9. The van der Waals surface area contributed by atoms with Crippen LogP contribution in [-0.2, 0) is 11.0 Å². The molecule has 8 heteroatoms. The summed E-state index contributed by atoms with van der Waals surface area (Å²) in [5, 5.41) is 0. The van der Waals surface area contributed by atoms with Gasteiger partial charge in [0.1, 0.15) is 11.6 Å². The minimum absolute atomic E-state index is 0.215. The van der Waals surface area contributed by atoms with Crippen molar-refractivity contribution in [2.75, 3.05) is 18.0 Å². The number of pyridine rings is 1. The molecule has 1 fully saturated rings. The summed E-state index contributed by atoms with van der Waals surface area (Å²) >= 11 is 0. The van der Waals surface area contributed by atoms with Crippen LogP contribution >= 0.6 is 0 Å². The van der Waals surface area contributed by atoms with Crippen molar-refractivity contribution >= 4 is 11.6 Å². The van der Waals surface area contributed by atoms with Crippen LogP contribution in [-0.4, -0.2) is 33.8 Å². The Labute approximate surface area is 165 Å². The first kappa shape index (κ1) is 19.0. The van der Waals surface area contributed by atoms with Crippen molar-refractivity contribution in [3.63, 3.8) is 0 Å². The topological polar surface area (TPSA) is 59.0 Å². The second kappa shape index (κ2) is 7.62. The summed E-state index contributed by atoms with van der Waals surface area (Å²) in [6, 6.07) is 10.2. The van der Waals surface area contributed by atoms with Crippen LogP contribution in [0.3, 0.4) is 0 Å². The van der Waals surface area contributed by atoms with Gasteiger partial charge in [0.05, 0.1) is 11.3 Å². The lowest BCUT2D eigenvalue weighted by Crippen LogP contribution is -2.34. The van der Waals surface area contributed by atoms with E-state index in [1.165, 1.54) is 12.1 Å². The molecule has 1 saturated heterocycles. The number of halogens is 3. The molecular weight excluding hydrogens is 381 g/mol. The van der Waals surface area contributed by atoms with Gasteiger partial charge in [0.25, 0.3) is 0 Å². The average molecular weight is 398 g/mol. The predicted molar refractivity (Wildman–Crippen MR) is 102 cm³/mol. The normalized spacial score (nSPS) is 14.9. The molecule has 0 aliphatic carbocycles. The number of carbonyl (C=O) groups is 1. The molecule has 0 bridgehead atoms. The van der Waals surface area contributed by atoms with Gasteiger partial charge in [0, 0.05) is 55.5 Å². The van der Waals surface area contributed by atoms with Crippen LogP contribution in [0.1, 0.15) is 18.4 Å². The number of rotatable bonds is 3. The van der Waals surface area contributed by atoms with Gasteiger partial charge in [-0.2, -0.15) is 13.2 Å². The van der Waals surface area contributed by atoms with Crippen molar-refractivity contribution in [3.05, 3.63) is 60.4 Å². The standard InChI is InChI=1S/C21H17F3N4O/c22-21(23,24)16-3-1-15(2-4-16)20-26-18(14-5-9-25-10-6-14)13-19(27-20)28-11-7-17(29)8-12-28/h1-6,9-10,13H,7-8,11-12H2. The van der Waals surface area contributed by atoms with Crippen molar-refractivity contribution in [2.45, 2.75) is 19.0 Å². The number of hydrogen-bond donors (Lipinski definition) is 0. The molecule has 0 spiro atoms. The zero-order chi connectivity index (χ0) is 20.4. The van der Waals surface area contributed by atoms with Crippen LogP contribution in [0.15, 0.2) is 54.9 Å². The molecule has 1 aliphatic heterocycles. The summed E-state index contributed by atoms with van der Waals surface area (Å²) in [6.45, 7) is 1.11. The Hall–Kier alpha value is -3.29. The fourth-order valence-electron chi connectivity index (χ4n) is 3.19. The Bertz CT molecular complexity index is 1010. The maximum absolute atomic E-state index is 12.9. The molecule has 1 aromatic carbocycles. The highest BCUT2D eigenvalue weighted by atomic mass is 19.4. The van der Waals surface area contributed by atoms with Crippen molar-refractivity contribution in [1.29, 1.82) is 0 Å². The molecule has 29 heavy (non-hydrogen) atoms. The lowest BCUT2D eigenvalue weighted by molar-refractivity contribution is -0.137. The SMILES string of the molecule is O=C1CCN(c2cc(-c3ccncc3)nc(-c3ccc(C(F)(F)F)cc3)n2)CC1. The van der Waals surface area contributed by atoms with Gasteiger partial charge in [-0.1, -0.05) is 12.1 Å². The lowest BCUT2D eigenvalue weighted by atomic mass is 10.1. The summed E-state index contributed by atoms with van der Waals surface area (Å²) in [4.78, 5) is 26.7. The van der Waals surface area contributed by atoms with Gasteiger partial charge in [-0.05, 0) is 24.3 Å². The molecule has 2 aromatic heterocycles. The van der Waals surface area contributed by atoms with Gasteiger partial charge in [-0.15, -0.1) is 0 Å². The van der Waals surface area contributed by atoms with Gasteiger partial charge < -0.3 is 4.90 Å². The molecule has 5 nitrogen and oxygen atoms in total. The average Bonchev–Trinajstić information content (AvgIpc) is 2.74. The Balaban J connectivity index is 1.76. The lowest BCUT2D eigenvalue weighted by Gasteiger charge is -2.27. The van der Waals surface area contributed by atoms with E-state index in [-0.39, 0.29) is 5.78 Å². The maximum Gasteiger partial charge on any atom is 0.416 e. The van der Waals surface area contributed by atoms with Crippen molar-refractivity contribution in [3.8, 4) is 22.6 Å². The van der Waals surface area contributed by atoms with Crippen molar-refractivity contribution in [2.24, 2.45) is 0 Å². The van der Waals surface area contributed by atoms with E-state index in [1.54, 1.807) is 12.4 Å². The Morgan fingerprint density at radius 3 is 2.14 bits per heavy atom. The van der Waals surface area contributed by atoms with Gasteiger partial charge in [0.15, 0.2) is 5.82 Å². The number of piperidine rings is 1. The van der Waals surface area contributed by atoms with E-state index in [2.05, 4.69) is 15.0 Å². The fourth-order valence-corrected chi connectivity index (χ4v) is 3.19. The number of alkyl halides is 3. The Kier molecular flexibility index (Phi) is 5.00. The molecule has 0 N–H and O–H groups in total. The summed E-state index contributed by atoms with van der Waals surface area (Å²) in [6.07, 6.45) is -0.207. The molecule has 148 valence electrons. The summed E-state index contributed by atoms with van der Waals surface area (Å²) in [5.74, 6) is 1.20. The number of anilines is 1. The smallest absolute Gasteiger partial charge is 0.356 e. The first-order valence-corrected chi connectivity index (χ1v) is 9.14. The molecule has 0 atom stereocenters. The zero-order valence-electron chi connectivity index (χ0n) is 15.4.